The maximum absolute atomic E-state index is 13.1. The highest BCUT2D eigenvalue weighted by Crippen LogP contribution is 2.55. The molecule has 1 spiro atoms. The zero-order valence-electron chi connectivity index (χ0n) is 21.0. The number of pyridine rings is 2. The fourth-order valence-corrected chi connectivity index (χ4v) is 5.69. The molecule has 0 radical (unpaired) electrons. The van der Waals surface area contributed by atoms with Crippen molar-refractivity contribution in [1.82, 2.24) is 15.3 Å². The van der Waals surface area contributed by atoms with Gasteiger partial charge in [0.15, 0.2) is 0 Å². The minimum atomic E-state index is -3.55. The van der Waals surface area contributed by atoms with Crippen molar-refractivity contribution in [3.8, 4) is 17.0 Å². The molecule has 0 bridgehead atoms. The van der Waals surface area contributed by atoms with Crippen LogP contribution in [0.1, 0.15) is 38.7 Å². The van der Waals surface area contributed by atoms with E-state index >= 15 is 0 Å². The van der Waals surface area contributed by atoms with Crippen molar-refractivity contribution in [2.24, 2.45) is 0 Å². The number of anilines is 2. The maximum Gasteiger partial charge on any atom is 0.238 e. The van der Waals surface area contributed by atoms with E-state index in [-0.39, 0.29) is 17.5 Å². The van der Waals surface area contributed by atoms with Crippen molar-refractivity contribution in [2.75, 3.05) is 36.1 Å². The van der Waals surface area contributed by atoms with Crippen LogP contribution < -0.4 is 19.7 Å². The molecule has 2 aliphatic rings. The van der Waals surface area contributed by atoms with Gasteiger partial charge < -0.3 is 15.0 Å². The lowest BCUT2D eigenvalue weighted by molar-refractivity contribution is -0.125. The van der Waals surface area contributed by atoms with Crippen molar-refractivity contribution in [3.05, 3.63) is 42.2 Å². The van der Waals surface area contributed by atoms with Crippen LogP contribution in [0, 0.1) is 0 Å². The van der Waals surface area contributed by atoms with Crippen LogP contribution >= 0.6 is 0 Å². The monoisotopic (exact) mass is 509 g/mol. The SMILES string of the molecule is CC(C)NCCOc1ncc(-c2ccc3ncc4c(c3c2)C2(CCC2)C(=O)N4C)cc1NS(C)(=O)=O. The zero-order chi connectivity index (χ0) is 25.7. The van der Waals surface area contributed by atoms with Crippen LogP contribution in [0.4, 0.5) is 11.4 Å². The molecular formula is C26H31N5O4S. The molecule has 5 rings (SSSR count). The highest BCUT2D eigenvalue weighted by Gasteiger charge is 2.54. The number of nitrogens with one attached hydrogen (secondary N) is 2. The summed E-state index contributed by atoms with van der Waals surface area (Å²) in [6.07, 6.45) is 7.27. The molecule has 1 amide bonds. The fraction of sp³-hybridized carbons (Fsp3) is 0.423. The van der Waals surface area contributed by atoms with Gasteiger partial charge in [-0.25, -0.2) is 13.4 Å². The number of benzene rings is 1. The average Bonchev–Trinajstić information content (AvgIpc) is 3.03. The molecule has 10 heteroatoms. The lowest BCUT2D eigenvalue weighted by Crippen LogP contribution is -2.43. The van der Waals surface area contributed by atoms with Gasteiger partial charge in [0.2, 0.25) is 21.8 Å². The van der Waals surface area contributed by atoms with Gasteiger partial charge >= 0.3 is 0 Å². The van der Waals surface area contributed by atoms with Crippen LogP contribution in [0.2, 0.25) is 0 Å². The summed E-state index contributed by atoms with van der Waals surface area (Å²) in [7, 11) is -1.73. The number of nitrogens with zero attached hydrogens (tertiary/aromatic N) is 3. The van der Waals surface area contributed by atoms with Gasteiger partial charge in [-0.2, -0.15) is 0 Å². The first-order chi connectivity index (χ1) is 17.1. The van der Waals surface area contributed by atoms with E-state index in [9.17, 15) is 13.2 Å². The summed E-state index contributed by atoms with van der Waals surface area (Å²) in [4.78, 5) is 23.9. The number of hydrogen-bond donors (Lipinski definition) is 2. The Morgan fingerprint density at radius 1 is 1.14 bits per heavy atom. The molecule has 1 aliphatic carbocycles. The van der Waals surface area contributed by atoms with Gasteiger partial charge in [0.25, 0.3) is 0 Å². The summed E-state index contributed by atoms with van der Waals surface area (Å²) >= 11 is 0. The predicted molar refractivity (Wildman–Crippen MR) is 141 cm³/mol. The van der Waals surface area contributed by atoms with E-state index in [1.165, 1.54) is 0 Å². The number of aromatic nitrogens is 2. The fourth-order valence-electron chi connectivity index (χ4n) is 5.14. The van der Waals surface area contributed by atoms with Crippen LogP contribution in [0.5, 0.6) is 5.88 Å². The summed E-state index contributed by atoms with van der Waals surface area (Å²) in [6, 6.07) is 7.95. The van der Waals surface area contributed by atoms with Crippen LogP contribution in [0.25, 0.3) is 22.0 Å². The van der Waals surface area contributed by atoms with E-state index in [0.29, 0.717) is 19.2 Å². The third-order valence-corrected chi connectivity index (χ3v) is 7.57. The van der Waals surface area contributed by atoms with Crippen molar-refractivity contribution >= 4 is 38.2 Å². The van der Waals surface area contributed by atoms with Gasteiger partial charge in [-0.15, -0.1) is 0 Å². The second-order valence-corrected chi connectivity index (χ2v) is 11.7. The molecule has 3 heterocycles. The molecule has 2 aromatic heterocycles. The van der Waals surface area contributed by atoms with Gasteiger partial charge in [0.05, 0.1) is 29.1 Å². The summed E-state index contributed by atoms with van der Waals surface area (Å²) in [5, 5.41) is 4.20. The van der Waals surface area contributed by atoms with Crippen molar-refractivity contribution < 1.29 is 17.9 Å². The van der Waals surface area contributed by atoms with E-state index in [1.54, 1.807) is 23.4 Å². The molecule has 190 valence electrons. The summed E-state index contributed by atoms with van der Waals surface area (Å²) in [5.74, 6) is 0.358. The number of sulfonamides is 1. The van der Waals surface area contributed by atoms with E-state index in [2.05, 4.69) is 20.0 Å². The van der Waals surface area contributed by atoms with E-state index in [0.717, 1.165) is 58.8 Å². The quantitative estimate of drug-likeness (QED) is 0.447. The molecule has 1 saturated carbocycles. The van der Waals surface area contributed by atoms with Gasteiger partial charge in [-0.05, 0) is 36.6 Å². The Hall–Kier alpha value is -3.24. The molecule has 1 aromatic carbocycles. The molecule has 1 fully saturated rings. The number of likely N-dealkylation sites (N-methyl/N-ethyl adjacent to an activating group) is 1. The number of hydrogen-bond acceptors (Lipinski definition) is 7. The van der Waals surface area contributed by atoms with Gasteiger partial charge in [0.1, 0.15) is 12.3 Å². The third kappa shape index (κ3) is 4.28. The smallest absolute Gasteiger partial charge is 0.238 e. The summed E-state index contributed by atoms with van der Waals surface area (Å²) < 4.78 is 32.4. The molecule has 1 aliphatic heterocycles. The van der Waals surface area contributed by atoms with Gasteiger partial charge in [-0.3, -0.25) is 14.5 Å². The largest absolute Gasteiger partial charge is 0.475 e. The Labute approximate surface area is 211 Å². The minimum absolute atomic E-state index is 0.137. The molecule has 36 heavy (non-hydrogen) atoms. The zero-order valence-corrected chi connectivity index (χ0v) is 21.8. The summed E-state index contributed by atoms with van der Waals surface area (Å²) in [6.45, 7) is 5.04. The minimum Gasteiger partial charge on any atom is -0.475 e. The maximum atomic E-state index is 13.1. The number of rotatable bonds is 8. The number of amides is 1. The third-order valence-electron chi connectivity index (χ3n) is 6.98. The Morgan fingerprint density at radius 2 is 1.92 bits per heavy atom. The topological polar surface area (TPSA) is 114 Å². The average molecular weight is 510 g/mol. The molecule has 9 nitrogen and oxygen atoms in total. The molecular weight excluding hydrogens is 478 g/mol. The molecule has 3 aromatic rings. The number of fused-ring (bicyclic) bond motifs is 4. The second kappa shape index (κ2) is 9.01. The number of carbonyl (C=O) groups is 1. The highest BCUT2D eigenvalue weighted by molar-refractivity contribution is 7.92. The van der Waals surface area contributed by atoms with Crippen LogP contribution in [0.3, 0.4) is 0 Å². The Kier molecular flexibility index (Phi) is 6.12. The van der Waals surface area contributed by atoms with Crippen LogP contribution in [0.15, 0.2) is 36.7 Å². The van der Waals surface area contributed by atoms with E-state index < -0.39 is 15.4 Å². The Morgan fingerprint density at radius 3 is 2.58 bits per heavy atom. The van der Waals surface area contributed by atoms with Crippen molar-refractivity contribution in [2.45, 2.75) is 44.6 Å². The van der Waals surface area contributed by atoms with E-state index in [4.69, 9.17) is 4.74 Å². The highest BCUT2D eigenvalue weighted by atomic mass is 32.2. The lowest BCUT2D eigenvalue weighted by atomic mass is 9.64. The molecule has 0 atom stereocenters. The van der Waals surface area contributed by atoms with Gasteiger partial charge in [-0.1, -0.05) is 26.3 Å². The number of carbonyl (C=O) groups excluding carboxylic acids is 1. The first-order valence-electron chi connectivity index (χ1n) is 12.1. The number of ether oxygens (including phenoxy) is 1. The first kappa shape index (κ1) is 24.5. The van der Waals surface area contributed by atoms with Crippen molar-refractivity contribution in [1.29, 1.82) is 0 Å². The molecule has 2 N–H and O–H groups in total. The first-order valence-corrected chi connectivity index (χ1v) is 14.0. The molecule has 0 unspecified atom stereocenters. The van der Waals surface area contributed by atoms with E-state index in [1.807, 2.05) is 39.1 Å². The van der Waals surface area contributed by atoms with Crippen molar-refractivity contribution in [3.63, 3.8) is 0 Å². The predicted octanol–water partition coefficient (Wildman–Crippen LogP) is 3.44. The normalized spacial score (nSPS) is 16.5. The van der Waals surface area contributed by atoms with Gasteiger partial charge in [0, 0.05) is 42.3 Å². The van der Waals surface area contributed by atoms with Crippen LogP contribution in [-0.2, 0) is 20.2 Å². The standard InChI is InChI=1S/C26H31N5O4S/c1-16(2)27-10-11-35-24-21(30-36(4,33)34)13-18(14-29-24)17-6-7-20-19(12-17)23-22(15-28-20)31(3)25(32)26(23)8-5-9-26/h6-7,12-16,27,30H,5,8-11H2,1-4H3. The van der Waals surface area contributed by atoms with Crippen LogP contribution in [-0.4, -0.2) is 56.8 Å². The Balaban J connectivity index is 1.55. The summed E-state index contributed by atoms with van der Waals surface area (Å²) in [5.41, 5.74) is 4.13. The second-order valence-electron chi connectivity index (χ2n) is 9.96. The molecule has 0 saturated heterocycles. The lowest BCUT2D eigenvalue weighted by Gasteiger charge is -2.37. The Bertz CT molecular complexity index is 1450.